The van der Waals surface area contributed by atoms with Crippen molar-refractivity contribution in [2.45, 2.75) is 12.7 Å². The highest BCUT2D eigenvalue weighted by atomic mass is 16.6. The molecule has 1 atom stereocenters. The lowest BCUT2D eigenvalue weighted by Gasteiger charge is -2.31. The SMILES string of the molecule is C[N+](C)(C)C(C=O)Nc1ccc(-n2cc(CNC(=O)CON)nn2)cc1.O=C[O-]. The monoisotopic (exact) mass is 407 g/mol. The van der Waals surface area contributed by atoms with Crippen molar-refractivity contribution in [2.24, 2.45) is 5.90 Å². The van der Waals surface area contributed by atoms with Gasteiger partial charge in [-0.2, -0.15) is 0 Å². The smallest absolute Gasteiger partial charge is 0.248 e. The number of carbonyl (C=O) groups excluding carboxylic acids is 3. The van der Waals surface area contributed by atoms with Crippen LogP contribution >= 0.6 is 0 Å². The van der Waals surface area contributed by atoms with Gasteiger partial charge in [0.2, 0.25) is 12.1 Å². The molecule has 0 aliphatic rings. The van der Waals surface area contributed by atoms with E-state index in [2.05, 4.69) is 25.8 Å². The number of hydrogen-bond acceptors (Lipinski definition) is 9. The molecule has 1 heterocycles. The maximum atomic E-state index is 11.3. The molecule has 0 bridgehead atoms. The Balaban J connectivity index is 0.00000132. The Morgan fingerprint density at radius 1 is 1.31 bits per heavy atom. The van der Waals surface area contributed by atoms with E-state index < -0.39 is 6.47 Å². The Bertz CT molecular complexity index is 786. The van der Waals surface area contributed by atoms with Gasteiger partial charge < -0.3 is 25.0 Å². The van der Waals surface area contributed by atoms with Gasteiger partial charge in [-0.15, -0.1) is 5.10 Å². The molecule has 29 heavy (non-hydrogen) atoms. The number of aldehydes is 1. The summed E-state index contributed by atoms with van der Waals surface area (Å²) >= 11 is 0. The second-order valence-electron chi connectivity index (χ2n) is 6.73. The first-order valence-corrected chi connectivity index (χ1v) is 8.43. The summed E-state index contributed by atoms with van der Waals surface area (Å²) in [6.45, 7) is -0.482. The molecule has 4 N–H and O–H groups in total. The summed E-state index contributed by atoms with van der Waals surface area (Å²) in [5.41, 5.74) is 2.23. The molecule has 0 saturated carbocycles. The number of benzene rings is 1. The highest BCUT2D eigenvalue weighted by Gasteiger charge is 2.22. The minimum atomic E-state index is -0.500. The number of likely N-dealkylation sites (N-methyl/N-ethyl adjacent to an activating group) is 1. The third kappa shape index (κ3) is 8.04. The Kier molecular flexibility index (Phi) is 9.38. The Hall–Kier alpha value is -3.35. The molecule has 1 aromatic carbocycles. The number of nitrogens with zero attached hydrogens (tertiary/aromatic N) is 4. The lowest BCUT2D eigenvalue weighted by Crippen LogP contribution is -2.50. The van der Waals surface area contributed by atoms with E-state index in [1.165, 1.54) is 0 Å². The summed E-state index contributed by atoms with van der Waals surface area (Å²) in [4.78, 5) is 35.1. The van der Waals surface area contributed by atoms with Crippen LogP contribution in [0.1, 0.15) is 5.69 Å². The van der Waals surface area contributed by atoms with Gasteiger partial charge in [-0.05, 0) is 24.3 Å². The van der Waals surface area contributed by atoms with Crippen molar-refractivity contribution in [1.82, 2.24) is 20.3 Å². The van der Waals surface area contributed by atoms with Gasteiger partial charge in [-0.1, -0.05) is 5.21 Å². The third-order valence-electron chi connectivity index (χ3n) is 3.63. The van der Waals surface area contributed by atoms with Crippen molar-refractivity contribution in [3.63, 3.8) is 0 Å². The summed E-state index contributed by atoms with van der Waals surface area (Å²) in [6.07, 6.45) is 2.26. The minimum Gasteiger partial charge on any atom is -0.554 e. The summed E-state index contributed by atoms with van der Waals surface area (Å²) in [5, 5.41) is 22.1. The molecular formula is C17H25N7O5. The van der Waals surface area contributed by atoms with Crippen LogP contribution in [0.4, 0.5) is 5.69 Å². The second kappa shape index (κ2) is 11.5. The topological polar surface area (TPSA) is 164 Å². The minimum absolute atomic E-state index is 0.211. The fraction of sp³-hybridized carbons (Fsp3) is 0.353. The first-order valence-electron chi connectivity index (χ1n) is 8.43. The quantitative estimate of drug-likeness (QED) is 0.181. The van der Waals surface area contributed by atoms with E-state index in [1.807, 2.05) is 45.4 Å². The largest absolute Gasteiger partial charge is 0.554 e. The third-order valence-corrected chi connectivity index (χ3v) is 3.63. The number of quaternary nitrogens is 1. The zero-order chi connectivity index (χ0) is 21.9. The predicted molar refractivity (Wildman–Crippen MR) is 101 cm³/mol. The molecule has 0 radical (unpaired) electrons. The van der Waals surface area contributed by atoms with Crippen molar-refractivity contribution >= 4 is 24.4 Å². The van der Waals surface area contributed by atoms with Crippen LogP contribution in [0.3, 0.4) is 0 Å². The van der Waals surface area contributed by atoms with Crippen LogP contribution in [-0.4, -0.2) is 72.1 Å². The van der Waals surface area contributed by atoms with E-state index in [9.17, 15) is 9.59 Å². The highest BCUT2D eigenvalue weighted by molar-refractivity contribution is 5.77. The molecule has 0 aliphatic heterocycles. The number of carboxylic acid groups (broad SMARTS) is 1. The Morgan fingerprint density at radius 2 is 1.93 bits per heavy atom. The fourth-order valence-corrected chi connectivity index (χ4v) is 2.11. The van der Waals surface area contributed by atoms with Crippen LogP contribution in [0.25, 0.3) is 5.69 Å². The van der Waals surface area contributed by atoms with E-state index in [1.54, 1.807) is 10.9 Å². The highest BCUT2D eigenvalue weighted by Crippen LogP contribution is 2.15. The summed E-state index contributed by atoms with van der Waals surface area (Å²) in [7, 11) is 5.82. The fourth-order valence-electron chi connectivity index (χ4n) is 2.11. The Morgan fingerprint density at radius 3 is 2.45 bits per heavy atom. The van der Waals surface area contributed by atoms with Crippen molar-refractivity contribution < 1.29 is 28.8 Å². The lowest BCUT2D eigenvalue weighted by molar-refractivity contribution is -0.881. The zero-order valence-corrected chi connectivity index (χ0v) is 16.4. The van der Waals surface area contributed by atoms with E-state index in [0.29, 0.717) is 10.2 Å². The Labute approximate surface area is 167 Å². The van der Waals surface area contributed by atoms with Gasteiger partial charge in [0.15, 0.2) is 6.29 Å². The predicted octanol–water partition coefficient (Wildman–Crippen LogP) is -2.22. The van der Waals surface area contributed by atoms with Gasteiger partial charge in [-0.25, -0.2) is 10.6 Å². The molecule has 0 saturated heterocycles. The van der Waals surface area contributed by atoms with Gasteiger partial charge in [-0.3, -0.25) is 14.4 Å². The molecule has 0 fully saturated rings. The van der Waals surface area contributed by atoms with Gasteiger partial charge in [0.05, 0.1) is 39.6 Å². The normalized spacial score (nSPS) is 11.6. The number of nitrogens with one attached hydrogen (secondary N) is 2. The van der Waals surface area contributed by atoms with Gasteiger partial charge in [0.1, 0.15) is 12.3 Å². The maximum absolute atomic E-state index is 11.3. The van der Waals surface area contributed by atoms with Crippen LogP contribution in [0.5, 0.6) is 0 Å². The maximum Gasteiger partial charge on any atom is 0.248 e. The lowest BCUT2D eigenvalue weighted by atomic mass is 10.2. The number of carbonyl (C=O) groups is 3. The first kappa shape index (κ1) is 23.7. The second-order valence-corrected chi connectivity index (χ2v) is 6.73. The molecule has 2 aromatic rings. The van der Waals surface area contributed by atoms with Crippen molar-refractivity contribution in [2.75, 3.05) is 33.1 Å². The first-order chi connectivity index (χ1) is 13.7. The molecule has 1 aromatic heterocycles. The molecule has 1 amide bonds. The van der Waals surface area contributed by atoms with Crippen LogP contribution in [0, 0.1) is 0 Å². The summed E-state index contributed by atoms with van der Waals surface area (Å²) in [6, 6.07) is 7.45. The van der Waals surface area contributed by atoms with Crippen molar-refractivity contribution in [3.8, 4) is 5.69 Å². The molecule has 12 heteroatoms. The van der Waals surface area contributed by atoms with Gasteiger partial charge in [0.25, 0.3) is 0 Å². The summed E-state index contributed by atoms with van der Waals surface area (Å²) < 4.78 is 2.07. The molecule has 0 spiro atoms. The number of aromatic nitrogens is 3. The van der Waals surface area contributed by atoms with Crippen LogP contribution in [-0.2, 0) is 25.8 Å². The number of amides is 1. The van der Waals surface area contributed by atoms with Crippen LogP contribution in [0.2, 0.25) is 0 Å². The number of anilines is 1. The molecule has 2 rings (SSSR count). The van der Waals surface area contributed by atoms with Crippen molar-refractivity contribution in [1.29, 1.82) is 0 Å². The van der Waals surface area contributed by atoms with E-state index in [0.717, 1.165) is 17.7 Å². The van der Waals surface area contributed by atoms with Crippen LogP contribution < -0.4 is 21.6 Å². The number of rotatable bonds is 9. The van der Waals surface area contributed by atoms with E-state index >= 15 is 0 Å². The standard InChI is InChI=1S/C16H23N7O3.CH2O2/c1-23(2,3)15(10-24)19-12-4-6-14(7-5-12)22-9-13(20-21-22)8-18-16(25)11-26-17;2-1-3/h4-7,9-10,15,19H,8,11,17H2,1-3H3;1H,(H,2,3). The molecular weight excluding hydrogens is 382 g/mol. The van der Waals surface area contributed by atoms with Crippen LogP contribution in [0.15, 0.2) is 30.5 Å². The summed E-state index contributed by atoms with van der Waals surface area (Å²) in [5.74, 6) is 4.50. The molecule has 0 aliphatic carbocycles. The number of nitrogens with two attached hydrogens (primary N) is 1. The number of hydrogen-bond donors (Lipinski definition) is 3. The molecule has 12 nitrogen and oxygen atoms in total. The van der Waals surface area contributed by atoms with Gasteiger partial charge >= 0.3 is 0 Å². The van der Waals surface area contributed by atoms with E-state index in [-0.39, 0.29) is 25.2 Å². The van der Waals surface area contributed by atoms with Gasteiger partial charge in [0, 0.05) is 12.2 Å². The van der Waals surface area contributed by atoms with E-state index in [4.69, 9.17) is 15.8 Å². The average Bonchev–Trinajstić information content (AvgIpc) is 3.14. The van der Waals surface area contributed by atoms with Crippen molar-refractivity contribution in [3.05, 3.63) is 36.2 Å². The average molecular weight is 407 g/mol. The zero-order valence-electron chi connectivity index (χ0n) is 16.4. The molecule has 1 unspecified atom stereocenters. The molecule has 158 valence electrons.